The van der Waals surface area contributed by atoms with E-state index >= 15 is 0 Å². The Labute approximate surface area is 102 Å². The number of thioether (sulfide) groups is 1. The third kappa shape index (κ3) is 1.62. The van der Waals surface area contributed by atoms with Crippen molar-refractivity contribution < 1.29 is 0 Å². The molecule has 0 spiro atoms. The molecule has 2 aliphatic carbocycles. The van der Waals surface area contributed by atoms with E-state index in [4.69, 9.17) is 0 Å². The molecule has 3 aliphatic rings. The summed E-state index contributed by atoms with van der Waals surface area (Å²) in [5, 5.41) is 0. The van der Waals surface area contributed by atoms with E-state index < -0.39 is 0 Å². The largest absolute Gasteiger partial charge is 0.162 e. The van der Waals surface area contributed by atoms with E-state index in [1.165, 1.54) is 24.3 Å². The Balaban J connectivity index is 1.92. The van der Waals surface area contributed by atoms with Crippen LogP contribution in [0.25, 0.3) is 0 Å². The van der Waals surface area contributed by atoms with Crippen molar-refractivity contribution in [2.45, 2.75) is 12.8 Å². The van der Waals surface area contributed by atoms with Crippen molar-refractivity contribution in [3.05, 3.63) is 48.6 Å². The molecule has 0 saturated carbocycles. The summed E-state index contributed by atoms with van der Waals surface area (Å²) in [4.78, 5) is 0. The molecule has 0 atom stereocenters. The van der Waals surface area contributed by atoms with Gasteiger partial charge in [0.2, 0.25) is 0 Å². The quantitative estimate of drug-likeness (QED) is 0.691. The minimum Gasteiger partial charge on any atom is -0.162 e. The average molecular weight is 230 g/mol. The Morgan fingerprint density at radius 2 is 1.19 bits per heavy atom. The second-order valence-corrected chi connectivity index (χ2v) is 6.16. The van der Waals surface area contributed by atoms with Crippen molar-refractivity contribution in [3.8, 4) is 0 Å². The maximum atomic E-state index is 2.40. The fourth-order valence-corrected chi connectivity index (χ4v) is 4.52. The SMILES string of the molecule is C1=CC(C2(C3C=CC=C3)CCSCC2)C=C1. The van der Waals surface area contributed by atoms with Gasteiger partial charge in [0.15, 0.2) is 0 Å². The first kappa shape index (κ1) is 10.5. The minimum absolute atomic E-state index is 0.470. The van der Waals surface area contributed by atoms with Gasteiger partial charge in [-0.15, -0.1) is 0 Å². The second kappa shape index (κ2) is 4.29. The fourth-order valence-electron chi connectivity index (χ4n) is 3.27. The normalized spacial score (nSPS) is 28.2. The molecule has 84 valence electrons. The Bertz CT molecular complexity index is 313. The van der Waals surface area contributed by atoms with Crippen molar-refractivity contribution in [1.29, 1.82) is 0 Å². The van der Waals surface area contributed by atoms with E-state index in [1.54, 1.807) is 0 Å². The molecule has 0 N–H and O–H groups in total. The molecule has 0 nitrogen and oxygen atoms in total. The first-order valence-electron chi connectivity index (χ1n) is 6.20. The van der Waals surface area contributed by atoms with Crippen LogP contribution in [0.4, 0.5) is 0 Å². The zero-order valence-corrected chi connectivity index (χ0v) is 10.3. The predicted molar refractivity (Wildman–Crippen MR) is 72.5 cm³/mol. The van der Waals surface area contributed by atoms with E-state index in [0.717, 1.165) is 0 Å². The van der Waals surface area contributed by atoms with E-state index in [1.807, 2.05) is 0 Å². The lowest BCUT2D eigenvalue weighted by Crippen LogP contribution is -2.37. The molecule has 16 heavy (non-hydrogen) atoms. The predicted octanol–water partition coefficient (Wildman–Crippen LogP) is 3.98. The Kier molecular flexibility index (Phi) is 2.81. The highest BCUT2D eigenvalue weighted by Crippen LogP contribution is 2.51. The van der Waals surface area contributed by atoms with Crippen LogP contribution in [0.1, 0.15) is 12.8 Å². The minimum atomic E-state index is 0.470. The highest BCUT2D eigenvalue weighted by Gasteiger charge is 2.43. The summed E-state index contributed by atoms with van der Waals surface area (Å²) in [5.41, 5.74) is 0.470. The maximum absolute atomic E-state index is 2.40. The highest BCUT2D eigenvalue weighted by atomic mass is 32.2. The van der Waals surface area contributed by atoms with Crippen LogP contribution in [-0.2, 0) is 0 Å². The summed E-state index contributed by atoms with van der Waals surface area (Å²) >= 11 is 2.12. The molecule has 1 saturated heterocycles. The zero-order valence-electron chi connectivity index (χ0n) is 9.51. The molecule has 0 bridgehead atoms. The van der Waals surface area contributed by atoms with Crippen molar-refractivity contribution in [2.75, 3.05) is 11.5 Å². The maximum Gasteiger partial charge on any atom is 0.00185 e. The fraction of sp³-hybridized carbons (Fsp3) is 0.467. The molecule has 1 aliphatic heterocycles. The molecular formula is C15H18S. The molecular weight excluding hydrogens is 212 g/mol. The number of allylic oxidation sites excluding steroid dienone is 8. The second-order valence-electron chi connectivity index (χ2n) is 4.94. The Morgan fingerprint density at radius 3 is 1.62 bits per heavy atom. The van der Waals surface area contributed by atoms with Crippen molar-refractivity contribution in [2.24, 2.45) is 17.3 Å². The monoisotopic (exact) mass is 230 g/mol. The van der Waals surface area contributed by atoms with Crippen LogP contribution in [0.15, 0.2) is 48.6 Å². The van der Waals surface area contributed by atoms with Crippen LogP contribution >= 0.6 is 11.8 Å². The van der Waals surface area contributed by atoms with Crippen LogP contribution in [0.2, 0.25) is 0 Å². The van der Waals surface area contributed by atoms with Gasteiger partial charge >= 0.3 is 0 Å². The summed E-state index contributed by atoms with van der Waals surface area (Å²) in [5.74, 6) is 3.98. The van der Waals surface area contributed by atoms with E-state index in [-0.39, 0.29) is 0 Å². The zero-order chi connectivity index (χ0) is 10.8. The lowest BCUT2D eigenvalue weighted by Gasteiger charge is -2.44. The summed E-state index contributed by atoms with van der Waals surface area (Å²) in [6.07, 6.45) is 21.2. The number of hydrogen-bond acceptors (Lipinski definition) is 1. The smallest absolute Gasteiger partial charge is 0.00185 e. The van der Waals surface area contributed by atoms with Crippen LogP contribution in [0, 0.1) is 17.3 Å². The van der Waals surface area contributed by atoms with Gasteiger partial charge in [0.25, 0.3) is 0 Å². The highest BCUT2D eigenvalue weighted by molar-refractivity contribution is 7.99. The van der Waals surface area contributed by atoms with Gasteiger partial charge in [-0.25, -0.2) is 0 Å². The van der Waals surface area contributed by atoms with Crippen LogP contribution in [0.5, 0.6) is 0 Å². The van der Waals surface area contributed by atoms with Crippen LogP contribution in [-0.4, -0.2) is 11.5 Å². The van der Waals surface area contributed by atoms with Crippen LogP contribution < -0.4 is 0 Å². The lowest BCUT2D eigenvalue weighted by atomic mass is 9.63. The van der Waals surface area contributed by atoms with E-state index in [9.17, 15) is 0 Å². The van der Waals surface area contributed by atoms with Crippen LogP contribution in [0.3, 0.4) is 0 Å². The molecule has 0 aromatic carbocycles. The third-order valence-electron chi connectivity index (χ3n) is 4.25. The van der Waals surface area contributed by atoms with Gasteiger partial charge in [0.05, 0.1) is 0 Å². The molecule has 0 aromatic heterocycles. The molecule has 1 heterocycles. The van der Waals surface area contributed by atoms with E-state index in [0.29, 0.717) is 17.3 Å². The molecule has 0 amide bonds. The van der Waals surface area contributed by atoms with Gasteiger partial charge in [-0.3, -0.25) is 0 Å². The standard InChI is InChI=1S/C15H18S/c1-2-6-13(5-1)15(9-11-16-12-10-15)14-7-3-4-8-14/h1-8,13-14H,9-12H2. The van der Waals surface area contributed by atoms with Crippen molar-refractivity contribution in [3.63, 3.8) is 0 Å². The third-order valence-corrected chi connectivity index (χ3v) is 5.23. The molecule has 3 rings (SSSR count). The molecule has 0 radical (unpaired) electrons. The van der Waals surface area contributed by atoms with Crippen molar-refractivity contribution >= 4 is 11.8 Å². The molecule has 0 aromatic rings. The summed E-state index contributed by atoms with van der Waals surface area (Å²) in [7, 11) is 0. The summed E-state index contributed by atoms with van der Waals surface area (Å²) < 4.78 is 0. The number of rotatable bonds is 2. The van der Waals surface area contributed by atoms with Gasteiger partial charge in [0.1, 0.15) is 0 Å². The first-order valence-corrected chi connectivity index (χ1v) is 7.35. The number of hydrogen-bond donors (Lipinski definition) is 0. The Hall–Kier alpha value is -0.690. The topological polar surface area (TPSA) is 0 Å². The lowest BCUT2D eigenvalue weighted by molar-refractivity contribution is 0.169. The van der Waals surface area contributed by atoms with Gasteiger partial charge in [-0.05, 0) is 29.8 Å². The van der Waals surface area contributed by atoms with Gasteiger partial charge in [-0.2, -0.15) is 11.8 Å². The first-order chi connectivity index (χ1) is 7.92. The van der Waals surface area contributed by atoms with Gasteiger partial charge in [0, 0.05) is 11.8 Å². The van der Waals surface area contributed by atoms with Gasteiger partial charge < -0.3 is 0 Å². The molecule has 1 fully saturated rings. The average Bonchev–Trinajstić information content (AvgIpc) is 3.04. The summed E-state index contributed by atoms with van der Waals surface area (Å²) in [6, 6.07) is 0. The molecule has 1 heteroatoms. The molecule has 0 unspecified atom stereocenters. The van der Waals surface area contributed by atoms with Crippen molar-refractivity contribution in [1.82, 2.24) is 0 Å². The summed E-state index contributed by atoms with van der Waals surface area (Å²) in [6.45, 7) is 0. The Morgan fingerprint density at radius 1 is 0.750 bits per heavy atom. The van der Waals surface area contributed by atoms with E-state index in [2.05, 4.69) is 60.4 Å². The van der Waals surface area contributed by atoms with Gasteiger partial charge in [-0.1, -0.05) is 48.6 Å².